The third-order valence-electron chi connectivity index (χ3n) is 2.47. The molecule has 0 unspecified atom stereocenters. The molecule has 0 saturated carbocycles. The first kappa shape index (κ1) is 12.9. The minimum atomic E-state index is 0.0707. The second-order valence-electron chi connectivity index (χ2n) is 3.67. The van der Waals surface area contributed by atoms with Crippen LogP contribution in [0.5, 0.6) is 0 Å². The molecule has 0 radical (unpaired) electrons. The van der Waals surface area contributed by atoms with Crippen LogP contribution in [0.25, 0.3) is 11.1 Å². The molecule has 0 saturated heterocycles. The Bertz CT molecular complexity index is 485. The van der Waals surface area contributed by atoms with Crippen molar-refractivity contribution in [2.45, 2.75) is 4.90 Å². The molecule has 1 aromatic heterocycles. The summed E-state index contributed by atoms with van der Waals surface area (Å²) in [5.41, 5.74) is 2.08. The summed E-state index contributed by atoms with van der Waals surface area (Å²) in [7, 11) is 0. The van der Waals surface area contributed by atoms with Crippen molar-refractivity contribution in [1.29, 1.82) is 0 Å². The molecule has 1 heterocycles. The average molecular weight is 261 g/mol. The highest BCUT2D eigenvalue weighted by molar-refractivity contribution is 7.98. The number of aliphatic hydroxyl groups excluding tert-OH is 1. The summed E-state index contributed by atoms with van der Waals surface area (Å²) in [6, 6.07) is 8.28. The number of nitrogens with one attached hydrogen (secondary N) is 1. The summed E-state index contributed by atoms with van der Waals surface area (Å²) >= 11 is 1.72. The molecule has 0 aliphatic carbocycles. The molecule has 0 spiro atoms. The van der Waals surface area contributed by atoms with Crippen LogP contribution >= 0.6 is 11.8 Å². The smallest absolute Gasteiger partial charge is 0.222 e. The Balaban J connectivity index is 2.12. The number of rotatable bonds is 5. The van der Waals surface area contributed by atoms with Crippen molar-refractivity contribution >= 4 is 17.7 Å². The van der Waals surface area contributed by atoms with Gasteiger partial charge in [0, 0.05) is 29.4 Å². The largest absolute Gasteiger partial charge is 0.395 e. The van der Waals surface area contributed by atoms with Gasteiger partial charge in [-0.3, -0.25) is 0 Å². The zero-order valence-corrected chi connectivity index (χ0v) is 10.9. The lowest BCUT2D eigenvalue weighted by Crippen LogP contribution is -2.08. The maximum atomic E-state index is 8.69. The minimum Gasteiger partial charge on any atom is -0.395 e. The van der Waals surface area contributed by atoms with Crippen LogP contribution in [0.1, 0.15) is 0 Å². The maximum absolute atomic E-state index is 8.69. The Morgan fingerprint density at radius 3 is 2.33 bits per heavy atom. The van der Waals surface area contributed by atoms with Crippen LogP contribution in [0.2, 0.25) is 0 Å². The number of aromatic nitrogens is 2. The predicted octanol–water partition coefficient (Wildman–Crippen LogP) is 2.27. The molecule has 4 nitrogen and oxygen atoms in total. The van der Waals surface area contributed by atoms with E-state index in [0.717, 1.165) is 11.1 Å². The van der Waals surface area contributed by atoms with Crippen LogP contribution in [0.4, 0.5) is 5.95 Å². The Morgan fingerprint density at radius 1 is 1.11 bits per heavy atom. The van der Waals surface area contributed by atoms with Crippen LogP contribution in [-0.4, -0.2) is 34.5 Å². The zero-order chi connectivity index (χ0) is 12.8. The van der Waals surface area contributed by atoms with Gasteiger partial charge in [-0.25, -0.2) is 9.97 Å². The third kappa shape index (κ3) is 3.21. The highest BCUT2D eigenvalue weighted by atomic mass is 32.2. The highest BCUT2D eigenvalue weighted by Crippen LogP contribution is 2.22. The average Bonchev–Trinajstić information content (AvgIpc) is 2.46. The Kier molecular flexibility index (Phi) is 4.55. The van der Waals surface area contributed by atoms with Gasteiger partial charge in [-0.2, -0.15) is 0 Å². The number of benzene rings is 1. The summed E-state index contributed by atoms with van der Waals surface area (Å²) in [6.07, 6.45) is 5.61. The van der Waals surface area contributed by atoms with Crippen molar-refractivity contribution in [3.63, 3.8) is 0 Å². The Hall–Kier alpha value is -1.59. The molecule has 0 bridgehead atoms. The van der Waals surface area contributed by atoms with Crippen LogP contribution in [0.3, 0.4) is 0 Å². The quantitative estimate of drug-likeness (QED) is 0.809. The van der Waals surface area contributed by atoms with Crippen LogP contribution < -0.4 is 5.32 Å². The lowest BCUT2D eigenvalue weighted by Gasteiger charge is -2.05. The van der Waals surface area contributed by atoms with E-state index in [0.29, 0.717) is 12.5 Å². The van der Waals surface area contributed by atoms with Gasteiger partial charge in [0.2, 0.25) is 5.95 Å². The van der Waals surface area contributed by atoms with E-state index in [-0.39, 0.29) is 6.61 Å². The van der Waals surface area contributed by atoms with E-state index in [2.05, 4.69) is 45.8 Å². The van der Waals surface area contributed by atoms with Gasteiger partial charge >= 0.3 is 0 Å². The van der Waals surface area contributed by atoms with Crippen molar-refractivity contribution < 1.29 is 5.11 Å². The molecule has 18 heavy (non-hydrogen) atoms. The van der Waals surface area contributed by atoms with Gasteiger partial charge in [-0.05, 0) is 24.0 Å². The highest BCUT2D eigenvalue weighted by Gasteiger charge is 2.00. The summed E-state index contributed by atoms with van der Waals surface area (Å²) in [5.74, 6) is 0.536. The first-order chi connectivity index (χ1) is 8.83. The monoisotopic (exact) mass is 261 g/mol. The molecule has 0 aliphatic heterocycles. The second kappa shape index (κ2) is 6.37. The van der Waals surface area contributed by atoms with Crippen molar-refractivity contribution in [3.05, 3.63) is 36.7 Å². The summed E-state index contributed by atoms with van der Waals surface area (Å²) in [4.78, 5) is 9.63. The van der Waals surface area contributed by atoms with E-state index < -0.39 is 0 Å². The summed E-state index contributed by atoms with van der Waals surface area (Å²) in [6.45, 7) is 0.531. The maximum Gasteiger partial charge on any atom is 0.222 e. The first-order valence-corrected chi connectivity index (χ1v) is 6.87. The van der Waals surface area contributed by atoms with E-state index in [1.54, 1.807) is 24.2 Å². The standard InChI is InChI=1S/C13H15N3OS/c1-18-12-4-2-10(3-5-12)11-8-15-13(16-9-11)14-6-7-17/h2-5,8-9,17H,6-7H2,1H3,(H,14,15,16). The summed E-state index contributed by atoms with van der Waals surface area (Å²) < 4.78 is 0. The molecule has 0 fully saturated rings. The van der Waals surface area contributed by atoms with Crippen molar-refractivity contribution in [2.75, 3.05) is 24.7 Å². The number of hydrogen-bond acceptors (Lipinski definition) is 5. The van der Waals surface area contributed by atoms with Crippen molar-refractivity contribution in [1.82, 2.24) is 9.97 Å². The van der Waals surface area contributed by atoms with E-state index in [1.165, 1.54) is 4.90 Å². The SMILES string of the molecule is CSc1ccc(-c2cnc(NCCO)nc2)cc1. The topological polar surface area (TPSA) is 58.0 Å². The number of aliphatic hydroxyl groups is 1. The molecule has 0 amide bonds. The van der Waals surface area contributed by atoms with E-state index >= 15 is 0 Å². The lowest BCUT2D eigenvalue weighted by atomic mass is 10.1. The van der Waals surface area contributed by atoms with E-state index in [9.17, 15) is 0 Å². The fourth-order valence-corrected chi connectivity index (χ4v) is 1.93. The predicted molar refractivity (Wildman–Crippen MR) is 74.8 cm³/mol. The van der Waals surface area contributed by atoms with Crippen molar-refractivity contribution in [3.8, 4) is 11.1 Å². The Labute approximate surface area is 110 Å². The molecule has 2 aromatic rings. The van der Waals surface area contributed by atoms with Crippen LogP contribution in [-0.2, 0) is 0 Å². The van der Waals surface area contributed by atoms with Gasteiger partial charge in [0.05, 0.1) is 6.61 Å². The zero-order valence-electron chi connectivity index (χ0n) is 10.1. The number of anilines is 1. The fourth-order valence-electron chi connectivity index (χ4n) is 1.52. The summed E-state index contributed by atoms with van der Waals surface area (Å²) in [5, 5.41) is 11.6. The van der Waals surface area contributed by atoms with Gasteiger partial charge in [-0.1, -0.05) is 12.1 Å². The lowest BCUT2D eigenvalue weighted by molar-refractivity contribution is 0.311. The van der Waals surface area contributed by atoms with Gasteiger partial charge < -0.3 is 10.4 Å². The van der Waals surface area contributed by atoms with Gasteiger partial charge in [0.1, 0.15) is 0 Å². The minimum absolute atomic E-state index is 0.0707. The van der Waals surface area contributed by atoms with Gasteiger partial charge in [0.25, 0.3) is 0 Å². The van der Waals surface area contributed by atoms with E-state index in [1.807, 2.05) is 0 Å². The first-order valence-electron chi connectivity index (χ1n) is 5.64. The van der Waals surface area contributed by atoms with E-state index in [4.69, 9.17) is 5.11 Å². The number of hydrogen-bond donors (Lipinski definition) is 2. The van der Waals surface area contributed by atoms with Crippen molar-refractivity contribution in [2.24, 2.45) is 0 Å². The number of thioether (sulfide) groups is 1. The third-order valence-corrected chi connectivity index (χ3v) is 3.21. The molecule has 0 atom stereocenters. The molecule has 5 heteroatoms. The molecule has 2 N–H and O–H groups in total. The molecule has 0 aliphatic rings. The van der Waals surface area contributed by atoms with Crippen LogP contribution in [0, 0.1) is 0 Å². The fraction of sp³-hybridized carbons (Fsp3) is 0.231. The molecule has 94 valence electrons. The second-order valence-corrected chi connectivity index (χ2v) is 4.55. The molecular weight excluding hydrogens is 246 g/mol. The Morgan fingerprint density at radius 2 is 1.78 bits per heavy atom. The van der Waals surface area contributed by atoms with Gasteiger partial charge in [-0.15, -0.1) is 11.8 Å². The molecule has 1 aromatic carbocycles. The molecular formula is C13H15N3OS. The molecule has 2 rings (SSSR count). The van der Waals surface area contributed by atoms with Crippen LogP contribution in [0.15, 0.2) is 41.6 Å². The van der Waals surface area contributed by atoms with Gasteiger partial charge in [0.15, 0.2) is 0 Å². The number of nitrogens with zero attached hydrogens (tertiary/aromatic N) is 2. The normalized spacial score (nSPS) is 10.3.